The fraction of sp³-hybridized carbons (Fsp3) is 0.0370. The van der Waals surface area contributed by atoms with E-state index in [1.807, 2.05) is 36.4 Å². The Balaban J connectivity index is 1.79. The van der Waals surface area contributed by atoms with E-state index < -0.39 is 5.97 Å². The second-order valence-electron chi connectivity index (χ2n) is 7.85. The zero-order valence-corrected chi connectivity index (χ0v) is 18.8. The Morgan fingerprint density at radius 3 is 2.33 bits per heavy atom. The Hall–Kier alpha value is -3.60. The van der Waals surface area contributed by atoms with E-state index in [9.17, 15) is 9.59 Å². The van der Waals surface area contributed by atoms with Crippen molar-refractivity contribution in [2.75, 3.05) is 7.11 Å². The zero-order valence-electron chi connectivity index (χ0n) is 17.2. The molecule has 0 amide bonds. The number of esters is 1. The molecule has 0 saturated heterocycles. The van der Waals surface area contributed by atoms with Crippen molar-refractivity contribution in [1.82, 2.24) is 0 Å². The van der Waals surface area contributed by atoms with E-state index >= 15 is 0 Å². The number of halogens is 2. The minimum absolute atomic E-state index is 0.139. The van der Waals surface area contributed by atoms with Gasteiger partial charge in [-0.3, -0.25) is 4.79 Å². The lowest BCUT2D eigenvalue weighted by atomic mass is 9.91. The van der Waals surface area contributed by atoms with Crippen molar-refractivity contribution in [3.8, 4) is 22.3 Å². The number of ketones is 1. The van der Waals surface area contributed by atoms with Gasteiger partial charge in [0.25, 0.3) is 0 Å². The quantitative estimate of drug-likeness (QED) is 0.244. The number of carbonyl (C=O) groups is 2. The first-order valence-electron chi connectivity index (χ1n) is 10.2. The molecule has 1 heterocycles. The Morgan fingerprint density at radius 1 is 0.818 bits per heavy atom. The highest BCUT2D eigenvalue weighted by molar-refractivity contribution is 6.34. The normalized spacial score (nSPS) is 12.3. The molecule has 1 aliphatic carbocycles. The van der Waals surface area contributed by atoms with Gasteiger partial charge in [0.2, 0.25) is 0 Å². The minimum Gasteiger partial charge on any atom is -0.465 e. The molecule has 0 atom stereocenters. The third-order valence-corrected chi connectivity index (χ3v) is 6.54. The van der Waals surface area contributed by atoms with Crippen LogP contribution in [0.1, 0.15) is 26.3 Å². The van der Waals surface area contributed by atoms with Crippen LogP contribution in [-0.4, -0.2) is 18.9 Å². The molecule has 33 heavy (non-hydrogen) atoms. The van der Waals surface area contributed by atoms with Crippen LogP contribution in [0, 0.1) is 0 Å². The van der Waals surface area contributed by atoms with Crippen LogP contribution in [0.2, 0.25) is 10.0 Å². The number of methoxy groups -OCH3 is 1. The molecule has 0 spiro atoms. The van der Waals surface area contributed by atoms with E-state index in [1.54, 1.807) is 30.3 Å². The van der Waals surface area contributed by atoms with Crippen LogP contribution in [0.3, 0.4) is 0 Å². The molecule has 4 nitrogen and oxygen atoms in total. The van der Waals surface area contributed by atoms with Crippen LogP contribution in [0.5, 0.6) is 0 Å². The monoisotopic (exact) mass is 472 g/mol. The second kappa shape index (κ2) is 7.20. The molecule has 160 valence electrons. The first-order chi connectivity index (χ1) is 16.0. The predicted octanol–water partition coefficient (Wildman–Crippen LogP) is 7.56. The van der Waals surface area contributed by atoms with Gasteiger partial charge in [0.05, 0.1) is 12.7 Å². The zero-order chi connectivity index (χ0) is 22.9. The number of hydrogen-bond donors (Lipinski definition) is 0. The number of para-hydroxylation sites is 1. The summed E-state index contributed by atoms with van der Waals surface area (Å²) < 4.78 is 11.3. The molecule has 6 rings (SSSR count). The van der Waals surface area contributed by atoms with E-state index in [2.05, 4.69) is 0 Å². The molecule has 0 bridgehead atoms. The SMILES string of the molecule is COC(=O)c1cc(Cl)ccc1-c1cc2c(c3oc4ccccc4c13)-c1ccc(Cl)cc1C2=O. The molecule has 0 fully saturated rings. The molecule has 6 heteroatoms. The average Bonchev–Trinajstić information content (AvgIpc) is 3.34. The van der Waals surface area contributed by atoms with Crippen LogP contribution in [0.4, 0.5) is 0 Å². The van der Waals surface area contributed by atoms with E-state index in [1.165, 1.54) is 7.11 Å². The van der Waals surface area contributed by atoms with E-state index in [-0.39, 0.29) is 5.78 Å². The molecular formula is C27H14Cl2O4. The standard InChI is InChI=1S/C27H14Cl2O4/c1-32-27(31)20-11-14(29)6-8-15(20)18-12-21-23(16-9-7-13(28)10-19(16)25(21)30)26-24(18)17-4-2-3-5-22(17)33-26/h2-12H,1H3. The number of ether oxygens (including phenoxy) is 1. The van der Waals surface area contributed by atoms with Crippen LogP contribution in [0.25, 0.3) is 44.2 Å². The van der Waals surface area contributed by atoms with Crippen LogP contribution in [0.15, 0.2) is 71.1 Å². The van der Waals surface area contributed by atoms with Gasteiger partial charge in [-0.05, 0) is 53.1 Å². The number of benzene rings is 4. The molecule has 1 aliphatic rings. The molecule has 1 aromatic heterocycles. The van der Waals surface area contributed by atoms with Gasteiger partial charge in [0.1, 0.15) is 11.2 Å². The number of carbonyl (C=O) groups excluding carboxylic acids is 2. The van der Waals surface area contributed by atoms with Crippen molar-refractivity contribution >= 4 is 56.9 Å². The van der Waals surface area contributed by atoms with E-state index in [0.717, 1.165) is 21.9 Å². The van der Waals surface area contributed by atoms with Crippen molar-refractivity contribution in [2.24, 2.45) is 0 Å². The average molecular weight is 473 g/mol. The number of fused-ring (bicyclic) bond motifs is 7. The third-order valence-electron chi connectivity index (χ3n) is 6.07. The summed E-state index contributed by atoms with van der Waals surface area (Å²) in [4.78, 5) is 26.0. The van der Waals surface area contributed by atoms with Crippen molar-refractivity contribution in [2.45, 2.75) is 0 Å². The fourth-order valence-corrected chi connectivity index (χ4v) is 5.00. The Kier molecular flexibility index (Phi) is 4.37. The molecular weight excluding hydrogens is 459 g/mol. The highest BCUT2D eigenvalue weighted by Gasteiger charge is 2.33. The smallest absolute Gasteiger partial charge is 0.338 e. The molecule has 5 aromatic rings. The van der Waals surface area contributed by atoms with Gasteiger partial charge in [-0.1, -0.05) is 53.5 Å². The van der Waals surface area contributed by atoms with Gasteiger partial charge in [0.15, 0.2) is 5.78 Å². The fourth-order valence-electron chi connectivity index (χ4n) is 4.66. The summed E-state index contributed by atoms with van der Waals surface area (Å²) in [6.45, 7) is 0. The van der Waals surface area contributed by atoms with Crippen LogP contribution in [-0.2, 0) is 4.74 Å². The van der Waals surface area contributed by atoms with E-state index in [0.29, 0.717) is 49.0 Å². The number of rotatable bonds is 2. The topological polar surface area (TPSA) is 56.5 Å². The maximum absolute atomic E-state index is 13.4. The van der Waals surface area contributed by atoms with Crippen molar-refractivity contribution < 1.29 is 18.7 Å². The molecule has 0 aliphatic heterocycles. The van der Waals surface area contributed by atoms with Gasteiger partial charge in [-0.2, -0.15) is 0 Å². The lowest BCUT2D eigenvalue weighted by molar-refractivity contribution is 0.0601. The summed E-state index contributed by atoms with van der Waals surface area (Å²) >= 11 is 12.4. The number of furan rings is 1. The lowest BCUT2D eigenvalue weighted by Crippen LogP contribution is -2.04. The van der Waals surface area contributed by atoms with Crippen LogP contribution >= 0.6 is 23.2 Å². The van der Waals surface area contributed by atoms with Gasteiger partial charge >= 0.3 is 5.97 Å². The van der Waals surface area contributed by atoms with Gasteiger partial charge in [0, 0.05) is 37.5 Å². The first kappa shape index (κ1) is 20.0. The Morgan fingerprint density at radius 2 is 1.55 bits per heavy atom. The Labute approximate surface area is 198 Å². The third kappa shape index (κ3) is 2.85. The summed E-state index contributed by atoms with van der Waals surface area (Å²) in [5.74, 6) is -0.657. The largest absolute Gasteiger partial charge is 0.465 e. The molecule has 0 radical (unpaired) electrons. The van der Waals surface area contributed by atoms with E-state index in [4.69, 9.17) is 32.4 Å². The molecule has 0 saturated carbocycles. The molecule has 4 aromatic carbocycles. The van der Waals surface area contributed by atoms with Crippen molar-refractivity contribution in [3.63, 3.8) is 0 Å². The van der Waals surface area contributed by atoms with Gasteiger partial charge < -0.3 is 9.15 Å². The highest BCUT2D eigenvalue weighted by Crippen LogP contribution is 2.49. The summed E-state index contributed by atoms with van der Waals surface area (Å²) in [6, 6.07) is 19.8. The first-order valence-corrected chi connectivity index (χ1v) is 10.9. The van der Waals surface area contributed by atoms with Gasteiger partial charge in [-0.25, -0.2) is 4.79 Å². The van der Waals surface area contributed by atoms with Crippen molar-refractivity contribution in [1.29, 1.82) is 0 Å². The highest BCUT2D eigenvalue weighted by atomic mass is 35.5. The predicted molar refractivity (Wildman–Crippen MR) is 129 cm³/mol. The molecule has 0 N–H and O–H groups in total. The maximum Gasteiger partial charge on any atom is 0.338 e. The lowest BCUT2D eigenvalue weighted by Gasteiger charge is -2.12. The Bertz CT molecular complexity index is 1660. The minimum atomic E-state index is -0.518. The summed E-state index contributed by atoms with van der Waals surface area (Å²) in [7, 11) is 1.32. The summed E-state index contributed by atoms with van der Waals surface area (Å²) in [5, 5.41) is 2.59. The molecule has 0 unspecified atom stereocenters. The van der Waals surface area contributed by atoms with Crippen LogP contribution < -0.4 is 0 Å². The summed E-state index contributed by atoms with van der Waals surface area (Å²) in [6.07, 6.45) is 0. The summed E-state index contributed by atoms with van der Waals surface area (Å²) in [5.41, 5.74) is 5.41. The maximum atomic E-state index is 13.4. The van der Waals surface area contributed by atoms with Gasteiger partial charge in [-0.15, -0.1) is 0 Å². The second-order valence-corrected chi connectivity index (χ2v) is 8.72. The number of hydrogen-bond acceptors (Lipinski definition) is 4. The van der Waals surface area contributed by atoms with Crippen molar-refractivity contribution in [3.05, 3.63) is 93.5 Å².